The Hall–Kier alpha value is -0.135. The minimum Gasteiger partial charge on any atom is -0.437 e. The summed E-state index contributed by atoms with van der Waals surface area (Å²) in [4.78, 5) is 4.15. The van der Waals surface area contributed by atoms with Crippen LogP contribution < -0.4 is 5.73 Å². The molecule has 0 saturated heterocycles. The van der Waals surface area contributed by atoms with Crippen LogP contribution in [-0.2, 0) is 0 Å². The maximum absolute atomic E-state index is 9.38. The van der Waals surface area contributed by atoms with Crippen LogP contribution in [0, 0.1) is 0 Å². The summed E-state index contributed by atoms with van der Waals surface area (Å²) in [6.45, 7) is 6.17. The van der Waals surface area contributed by atoms with Crippen molar-refractivity contribution < 1.29 is 10.1 Å². The first-order valence-corrected chi connectivity index (χ1v) is 7.03. The molecule has 0 aromatic heterocycles. The lowest BCUT2D eigenvalue weighted by molar-refractivity contribution is 0.185. The van der Waals surface area contributed by atoms with Gasteiger partial charge in [-0.1, -0.05) is 12.8 Å². The second-order valence-corrected chi connectivity index (χ2v) is 4.88. The highest BCUT2D eigenvalue weighted by Crippen LogP contribution is 2.01. The van der Waals surface area contributed by atoms with Crippen LogP contribution >= 0.6 is 0 Å². The van der Waals surface area contributed by atoms with Gasteiger partial charge in [-0.25, -0.2) is 0 Å². The topological polar surface area (TPSA) is 73.0 Å². The van der Waals surface area contributed by atoms with Gasteiger partial charge in [0.2, 0.25) is 0 Å². The van der Waals surface area contributed by atoms with Crippen LogP contribution in [0.3, 0.4) is 0 Å². The molecule has 0 aliphatic carbocycles. The molecular weight excluding hydrogens is 229 g/mol. The average Bonchev–Trinajstić information content (AvgIpc) is 2.34. The Morgan fingerprint density at radius 2 is 1.67 bits per heavy atom. The fraction of sp³-hybridized carbons (Fsp3) is 1.00. The van der Waals surface area contributed by atoms with E-state index in [2.05, 4.69) is 4.90 Å². The molecule has 0 rings (SSSR count). The zero-order valence-corrected chi connectivity index (χ0v) is 12.0. The second kappa shape index (κ2) is 11.9. The number of aliphatic hydroxyl groups excluding tert-OH is 1. The molecule has 0 spiro atoms. The third-order valence-corrected chi connectivity index (χ3v) is 3.25. The fourth-order valence-electron chi connectivity index (χ4n) is 1.80. The minimum atomic E-state index is -0.412. The quantitative estimate of drug-likeness (QED) is 0.335. The van der Waals surface area contributed by atoms with E-state index in [1.165, 1.54) is 12.8 Å². The molecule has 0 aromatic rings. The second-order valence-electron chi connectivity index (χ2n) is 4.88. The van der Waals surface area contributed by atoms with Crippen LogP contribution in [0.15, 0.2) is 0 Å². The van der Waals surface area contributed by atoms with Gasteiger partial charge in [-0.2, -0.15) is 0 Å². The maximum Gasteiger partial charge on any atom is 0.376 e. The summed E-state index contributed by atoms with van der Waals surface area (Å²) >= 11 is 0. The van der Waals surface area contributed by atoms with Crippen molar-refractivity contribution in [3.63, 3.8) is 0 Å². The number of rotatable bonds is 12. The number of nitrogens with zero attached hydrogens (tertiary/aromatic N) is 2. The minimum absolute atomic E-state index is 0.196. The van der Waals surface area contributed by atoms with E-state index in [0.29, 0.717) is 6.54 Å². The van der Waals surface area contributed by atoms with Crippen LogP contribution in [0.4, 0.5) is 0 Å². The number of nitrogens with two attached hydrogens (primary N) is 1. The molecule has 4 N–H and O–H groups in total. The van der Waals surface area contributed by atoms with E-state index < -0.39 is 7.05 Å². The third kappa shape index (κ3) is 9.85. The van der Waals surface area contributed by atoms with Gasteiger partial charge in [0.25, 0.3) is 0 Å². The van der Waals surface area contributed by atoms with Crippen molar-refractivity contribution in [1.29, 1.82) is 0 Å². The van der Waals surface area contributed by atoms with Crippen LogP contribution in [0.5, 0.6) is 0 Å². The lowest BCUT2D eigenvalue weighted by Crippen LogP contribution is -2.41. The van der Waals surface area contributed by atoms with Gasteiger partial charge in [0.05, 0.1) is 6.61 Å². The Morgan fingerprint density at radius 3 is 2.22 bits per heavy atom. The molecule has 6 heteroatoms. The van der Waals surface area contributed by atoms with Crippen LogP contribution in [0.1, 0.15) is 25.7 Å². The predicted molar refractivity (Wildman–Crippen MR) is 77.5 cm³/mol. The molecule has 0 fully saturated rings. The van der Waals surface area contributed by atoms with Gasteiger partial charge in [0.15, 0.2) is 0 Å². The molecule has 108 valence electrons. The molecule has 0 bridgehead atoms. The Labute approximate surface area is 112 Å². The molecule has 0 aromatic carbocycles. The van der Waals surface area contributed by atoms with Crippen molar-refractivity contribution in [3.8, 4) is 0 Å². The molecular formula is C12H30BN3O2. The predicted octanol–water partition coefficient (Wildman–Crippen LogP) is -0.158. The number of likely N-dealkylation sites (N-methyl/N-ethyl adjacent to an activating group) is 1. The first kappa shape index (κ1) is 17.9. The maximum atomic E-state index is 9.38. The van der Waals surface area contributed by atoms with Gasteiger partial charge in [-0.15, -0.1) is 0 Å². The molecule has 0 aliphatic rings. The van der Waals surface area contributed by atoms with E-state index in [0.717, 1.165) is 39.0 Å². The Bertz CT molecular complexity index is 185. The molecule has 0 unspecified atom stereocenters. The first-order chi connectivity index (χ1) is 8.61. The van der Waals surface area contributed by atoms with Gasteiger partial charge in [0.1, 0.15) is 0 Å². The smallest absolute Gasteiger partial charge is 0.376 e. The summed E-state index contributed by atoms with van der Waals surface area (Å²) in [6, 6.07) is 0. The summed E-state index contributed by atoms with van der Waals surface area (Å²) in [5.41, 5.74) is 5.45. The normalized spacial score (nSPS) is 11.5. The Balaban J connectivity index is 3.70. The Morgan fingerprint density at radius 1 is 1.00 bits per heavy atom. The van der Waals surface area contributed by atoms with Crippen molar-refractivity contribution >= 4 is 7.05 Å². The highest BCUT2D eigenvalue weighted by atomic mass is 16.3. The summed E-state index contributed by atoms with van der Waals surface area (Å²) in [6.07, 6.45) is 4.64. The van der Waals surface area contributed by atoms with E-state index in [9.17, 15) is 5.02 Å². The lowest BCUT2D eigenvalue weighted by Gasteiger charge is -2.25. The molecule has 0 aliphatic heterocycles. The SMILES string of the molecule is CB(O)N(C)CCN(CCO)CCCCCCN. The number of hydrogen-bond acceptors (Lipinski definition) is 5. The standard InChI is InChI=1S/C12H30BN3O2/c1-13(18)15(2)9-10-16(11-12-17)8-6-4-3-5-7-14/h17-18H,3-12,14H2,1-2H3. The van der Waals surface area contributed by atoms with E-state index in [4.69, 9.17) is 10.8 Å². The highest BCUT2D eigenvalue weighted by molar-refractivity contribution is 6.45. The number of hydrogen-bond donors (Lipinski definition) is 3. The van der Waals surface area contributed by atoms with Gasteiger partial charge in [-0.3, -0.25) is 4.90 Å². The summed E-state index contributed by atoms with van der Waals surface area (Å²) in [5.74, 6) is 0. The monoisotopic (exact) mass is 259 g/mol. The van der Waals surface area contributed by atoms with Crippen LogP contribution in [0.25, 0.3) is 0 Å². The van der Waals surface area contributed by atoms with Gasteiger partial charge in [-0.05, 0) is 39.8 Å². The molecule has 0 saturated carbocycles. The fourth-order valence-corrected chi connectivity index (χ4v) is 1.80. The molecule has 18 heavy (non-hydrogen) atoms. The van der Waals surface area contributed by atoms with Crippen molar-refractivity contribution in [3.05, 3.63) is 0 Å². The van der Waals surface area contributed by atoms with E-state index in [1.807, 2.05) is 11.9 Å². The zero-order chi connectivity index (χ0) is 13.8. The summed E-state index contributed by atoms with van der Waals surface area (Å²) in [7, 11) is 1.49. The average molecular weight is 259 g/mol. The summed E-state index contributed by atoms with van der Waals surface area (Å²) < 4.78 is 0. The molecule has 0 atom stereocenters. The lowest BCUT2D eigenvalue weighted by atomic mass is 9.86. The van der Waals surface area contributed by atoms with Gasteiger partial charge >= 0.3 is 7.05 Å². The van der Waals surface area contributed by atoms with Crippen molar-refractivity contribution in [2.24, 2.45) is 5.73 Å². The summed E-state index contributed by atoms with van der Waals surface area (Å²) in [5, 5.41) is 18.4. The third-order valence-electron chi connectivity index (χ3n) is 3.25. The van der Waals surface area contributed by atoms with E-state index in [1.54, 1.807) is 6.82 Å². The largest absolute Gasteiger partial charge is 0.437 e. The van der Waals surface area contributed by atoms with Crippen LogP contribution in [0.2, 0.25) is 6.82 Å². The number of unbranched alkanes of at least 4 members (excludes halogenated alkanes) is 3. The first-order valence-electron chi connectivity index (χ1n) is 7.03. The van der Waals surface area contributed by atoms with Crippen molar-refractivity contribution in [2.45, 2.75) is 32.5 Å². The van der Waals surface area contributed by atoms with Gasteiger partial charge in [0, 0.05) is 19.6 Å². The zero-order valence-electron chi connectivity index (χ0n) is 12.0. The van der Waals surface area contributed by atoms with Crippen LogP contribution in [-0.4, -0.2) is 73.3 Å². The van der Waals surface area contributed by atoms with Crippen molar-refractivity contribution in [1.82, 2.24) is 9.71 Å². The van der Waals surface area contributed by atoms with Crippen molar-refractivity contribution in [2.75, 3.05) is 46.4 Å². The van der Waals surface area contributed by atoms with Gasteiger partial charge < -0.3 is 20.7 Å². The molecule has 5 nitrogen and oxygen atoms in total. The van der Waals surface area contributed by atoms with E-state index in [-0.39, 0.29) is 6.61 Å². The molecule has 0 radical (unpaired) electrons. The molecule has 0 amide bonds. The number of aliphatic hydroxyl groups is 1. The molecule has 0 heterocycles. The van der Waals surface area contributed by atoms with E-state index >= 15 is 0 Å². The highest BCUT2D eigenvalue weighted by Gasteiger charge is 2.12. The Kier molecular flexibility index (Phi) is 11.8.